The quantitative estimate of drug-likeness (QED) is 0.920. The Morgan fingerprint density at radius 1 is 1.09 bits per heavy atom. The van der Waals surface area contributed by atoms with Crippen molar-refractivity contribution in [2.24, 2.45) is 17.3 Å². The summed E-state index contributed by atoms with van der Waals surface area (Å²) in [5.41, 5.74) is 2.05. The third-order valence-electron chi connectivity index (χ3n) is 6.74. The molecule has 4 aliphatic carbocycles. The molecule has 0 unspecified atom stereocenters. The fourth-order valence-electron chi connectivity index (χ4n) is 6.39. The smallest absolute Gasteiger partial charge is 0.0723 e. The largest absolute Gasteiger partial charge is 0.391 e. The van der Waals surface area contributed by atoms with Gasteiger partial charge in [-0.15, -0.1) is 0 Å². The molecule has 2 heteroatoms. The molecular weight excluding hydrogens is 270 g/mol. The summed E-state index contributed by atoms with van der Waals surface area (Å²) in [4.78, 5) is 2.15. The number of aliphatic hydroxyl groups is 1. The Morgan fingerprint density at radius 3 is 2.32 bits per heavy atom. The summed E-state index contributed by atoms with van der Waals surface area (Å²) in [5, 5.41) is 11.0. The first kappa shape index (κ1) is 14.7. The lowest BCUT2D eigenvalue weighted by molar-refractivity contribution is -0.136. The molecule has 2 nitrogen and oxygen atoms in total. The molecule has 4 fully saturated rings. The van der Waals surface area contributed by atoms with Crippen LogP contribution in [0.2, 0.25) is 0 Å². The van der Waals surface area contributed by atoms with Crippen molar-refractivity contribution in [3.05, 3.63) is 35.9 Å². The van der Waals surface area contributed by atoms with Crippen molar-refractivity contribution in [2.75, 3.05) is 20.6 Å². The first-order chi connectivity index (χ1) is 10.5. The molecular formula is C20H29NO. The maximum atomic E-state index is 11.0. The van der Waals surface area contributed by atoms with E-state index in [2.05, 4.69) is 49.3 Å². The van der Waals surface area contributed by atoms with Crippen LogP contribution in [0.25, 0.3) is 0 Å². The summed E-state index contributed by atoms with van der Waals surface area (Å²) < 4.78 is 0. The standard InChI is InChI=1S/C20H29NO/c1-21(2)13-18(22)20-11-15-8-16(12-20)10-19(9-15,14-20)17-6-4-3-5-7-17/h3-7,15-16,18,22H,8-14H2,1-2H3/t15-,16-,18-,19?,20?/m1/s1. The number of hydrogen-bond donors (Lipinski definition) is 1. The van der Waals surface area contributed by atoms with Gasteiger partial charge in [0.25, 0.3) is 0 Å². The Labute approximate surface area is 134 Å². The van der Waals surface area contributed by atoms with E-state index in [-0.39, 0.29) is 11.5 Å². The van der Waals surface area contributed by atoms with Gasteiger partial charge in [0.1, 0.15) is 0 Å². The molecule has 0 radical (unpaired) electrons. The Morgan fingerprint density at radius 2 is 1.73 bits per heavy atom. The molecule has 22 heavy (non-hydrogen) atoms. The van der Waals surface area contributed by atoms with E-state index in [1.54, 1.807) is 0 Å². The number of nitrogens with zero attached hydrogens (tertiary/aromatic N) is 1. The van der Waals surface area contributed by atoms with E-state index in [9.17, 15) is 5.11 Å². The Hall–Kier alpha value is -0.860. The van der Waals surface area contributed by atoms with Crippen molar-refractivity contribution in [1.29, 1.82) is 0 Å². The van der Waals surface area contributed by atoms with Gasteiger partial charge >= 0.3 is 0 Å². The van der Waals surface area contributed by atoms with Gasteiger partial charge in [0.05, 0.1) is 6.10 Å². The molecule has 4 aliphatic rings. The zero-order valence-corrected chi connectivity index (χ0v) is 14.0. The van der Waals surface area contributed by atoms with Crippen LogP contribution in [0, 0.1) is 17.3 Å². The highest BCUT2D eigenvalue weighted by molar-refractivity contribution is 5.30. The highest BCUT2D eigenvalue weighted by atomic mass is 16.3. The summed E-state index contributed by atoms with van der Waals surface area (Å²) in [6, 6.07) is 11.2. The first-order valence-corrected chi connectivity index (χ1v) is 8.90. The molecule has 0 heterocycles. The zero-order chi connectivity index (χ0) is 15.4. The van der Waals surface area contributed by atoms with Gasteiger partial charge in [-0.3, -0.25) is 0 Å². The van der Waals surface area contributed by atoms with Crippen molar-refractivity contribution in [3.8, 4) is 0 Å². The van der Waals surface area contributed by atoms with Crippen molar-refractivity contribution in [1.82, 2.24) is 4.90 Å². The third kappa shape index (κ3) is 2.23. The molecule has 5 rings (SSSR count). The maximum absolute atomic E-state index is 11.0. The second kappa shape index (κ2) is 5.07. The van der Waals surface area contributed by atoms with Crippen LogP contribution < -0.4 is 0 Å². The minimum absolute atomic E-state index is 0.170. The van der Waals surface area contributed by atoms with Crippen molar-refractivity contribution in [3.63, 3.8) is 0 Å². The number of rotatable bonds is 4. The van der Waals surface area contributed by atoms with Crippen LogP contribution in [0.15, 0.2) is 30.3 Å². The lowest BCUT2D eigenvalue weighted by Crippen LogP contribution is -2.59. The molecule has 0 aliphatic heterocycles. The van der Waals surface area contributed by atoms with Crippen LogP contribution in [0.1, 0.15) is 44.1 Å². The summed E-state index contributed by atoms with van der Waals surface area (Å²) in [6.07, 6.45) is 7.65. The van der Waals surface area contributed by atoms with Crippen molar-refractivity contribution < 1.29 is 5.11 Å². The number of aliphatic hydroxyl groups excluding tert-OH is 1. The molecule has 1 aromatic carbocycles. The van der Waals surface area contributed by atoms with E-state index in [1.807, 2.05) is 0 Å². The van der Waals surface area contributed by atoms with Gasteiger partial charge in [-0.1, -0.05) is 30.3 Å². The Kier molecular flexibility index (Phi) is 3.39. The van der Waals surface area contributed by atoms with Gasteiger partial charge < -0.3 is 10.0 Å². The Bertz CT molecular complexity index is 524. The summed E-state index contributed by atoms with van der Waals surface area (Å²) in [5.74, 6) is 1.66. The molecule has 0 aromatic heterocycles. The van der Waals surface area contributed by atoms with Crippen LogP contribution in [0.5, 0.6) is 0 Å². The van der Waals surface area contributed by atoms with Gasteiger partial charge in [0.15, 0.2) is 0 Å². The fraction of sp³-hybridized carbons (Fsp3) is 0.700. The SMILES string of the molecule is CN(C)C[C@@H](O)C12C[C@@H]3C[C@H](CC(c4ccccc4)(C3)C1)C2. The summed E-state index contributed by atoms with van der Waals surface area (Å²) in [7, 11) is 4.16. The van der Waals surface area contributed by atoms with E-state index >= 15 is 0 Å². The number of hydrogen-bond acceptors (Lipinski definition) is 2. The van der Waals surface area contributed by atoms with Gasteiger partial charge in [-0.05, 0) is 80.8 Å². The maximum Gasteiger partial charge on any atom is 0.0723 e. The van der Waals surface area contributed by atoms with E-state index in [0.717, 1.165) is 18.4 Å². The minimum atomic E-state index is -0.170. The Balaban J connectivity index is 1.69. The van der Waals surface area contributed by atoms with Crippen molar-refractivity contribution in [2.45, 2.75) is 50.0 Å². The molecule has 3 atom stereocenters. The van der Waals surface area contributed by atoms with E-state index in [0.29, 0.717) is 5.41 Å². The van der Waals surface area contributed by atoms with Crippen LogP contribution >= 0.6 is 0 Å². The summed E-state index contributed by atoms with van der Waals surface area (Å²) >= 11 is 0. The van der Waals surface area contributed by atoms with Crippen LogP contribution in [0.4, 0.5) is 0 Å². The molecule has 0 amide bonds. The molecule has 0 spiro atoms. The lowest BCUT2D eigenvalue weighted by atomic mass is 9.42. The second-order valence-corrected chi connectivity index (χ2v) is 8.75. The van der Waals surface area contributed by atoms with Crippen LogP contribution in [-0.4, -0.2) is 36.8 Å². The number of benzene rings is 1. The van der Waals surface area contributed by atoms with E-state index in [1.165, 1.54) is 44.1 Å². The molecule has 1 N–H and O–H groups in total. The molecule has 4 saturated carbocycles. The number of likely N-dealkylation sites (N-methyl/N-ethyl adjacent to an activating group) is 1. The zero-order valence-electron chi connectivity index (χ0n) is 14.0. The van der Waals surface area contributed by atoms with E-state index in [4.69, 9.17) is 0 Å². The second-order valence-electron chi connectivity index (χ2n) is 8.75. The van der Waals surface area contributed by atoms with Crippen LogP contribution in [-0.2, 0) is 5.41 Å². The monoisotopic (exact) mass is 299 g/mol. The average Bonchev–Trinajstić information content (AvgIpc) is 2.46. The summed E-state index contributed by atoms with van der Waals surface area (Å²) in [6.45, 7) is 0.810. The van der Waals surface area contributed by atoms with Gasteiger partial charge in [0.2, 0.25) is 0 Å². The molecule has 120 valence electrons. The highest BCUT2D eigenvalue weighted by Crippen LogP contribution is 2.66. The topological polar surface area (TPSA) is 23.5 Å². The lowest BCUT2D eigenvalue weighted by Gasteiger charge is -2.64. The average molecular weight is 299 g/mol. The molecule has 1 aromatic rings. The van der Waals surface area contributed by atoms with Gasteiger partial charge in [-0.25, -0.2) is 0 Å². The predicted molar refractivity (Wildman–Crippen MR) is 89.8 cm³/mol. The minimum Gasteiger partial charge on any atom is -0.391 e. The molecule has 4 bridgehead atoms. The molecule has 0 saturated heterocycles. The van der Waals surface area contributed by atoms with Gasteiger partial charge in [-0.2, -0.15) is 0 Å². The van der Waals surface area contributed by atoms with Crippen molar-refractivity contribution >= 4 is 0 Å². The first-order valence-electron chi connectivity index (χ1n) is 8.90. The van der Waals surface area contributed by atoms with Gasteiger partial charge in [0, 0.05) is 6.54 Å². The highest BCUT2D eigenvalue weighted by Gasteiger charge is 2.60. The normalized spacial score (nSPS) is 41.1. The van der Waals surface area contributed by atoms with Crippen LogP contribution in [0.3, 0.4) is 0 Å². The third-order valence-corrected chi connectivity index (χ3v) is 6.74. The predicted octanol–water partition coefficient (Wildman–Crippen LogP) is 3.45. The van der Waals surface area contributed by atoms with E-state index < -0.39 is 0 Å². The fourth-order valence-corrected chi connectivity index (χ4v) is 6.39.